The summed E-state index contributed by atoms with van der Waals surface area (Å²) in [5, 5.41) is 0. The van der Waals surface area contributed by atoms with Crippen molar-refractivity contribution in [3.8, 4) is 0 Å². The minimum Gasteiger partial charge on any atom is -0.354 e. The Bertz CT molecular complexity index is 848. The molecule has 0 bridgehead atoms. The predicted molar refractivity (Wildman–Crippen MR) is 97.8 cm³/mol. The molecular weight excluding hydrogens is 322 g/mol. The number of aromatic amines is 1. The topological polar surface area (TPSA) is 90.4 Å². The number of hydrogen-bond donors (Lipinski definition) is 1. The summed E-state index contributed by atoms with van der Waals surface area (Å²) in [6, 6.07) is 3.44. The number of nitrogens with zero attached hydrogens (tertiary/aromatic N) is 6. The number of anilines is 3. The molecule has 1 aliphatic rings. The summed E-state index contributed by atoms with van der Waals surface area (Å²) < 4.78 is 1.06. The number of hydrogen-bond acceptors (Lipinski definition) is 7. The van der Waals surface area contributed by atoms with Gasteiger partial charge in [0.05, 0.1) is 0 Å². The second-order valence-electron chi connectivity index (χ2n) is 6.39. The SMILES string of the molecule is Cc1cc(N2CCN(c3cc(=O)n(C)c(=O)[nH]3)CC2)nc(N(C)C)n1. The summed E-state index contributed by atoms with van der Waals surface area (Å²) in [5.41, 5.74) is 0.224. The van der Waals surface area contributed by atoms with Gasteiger partial charge >= 0.3 is 5.69 Å². The highest BCUT2D eigenvalue weighted by Gasteiger charge is 2.20. The summed E-state index contributed by atoms with van der Waals surface area (Å²) in [5.74, 6) is 2.15. The lowest BCUT2D eigenvalue weighted by Crippen LogP contribution is -2.48. The fraction of sp³-hybridized carbons (Fsp3) is 0.500. The predicted octanol–water partition coefficient (Wildman–Crippen LogP) is -0.435. The first-order valence-electron chi connectivity index (χ1n) is 8.18. The summed E-state index contributed by atoms with van der Waals surface area (Å²) in [6.45, 7) is 4.85. The third kappa shape index (κ3) is 3.49. The van der Waals surface area contributed by atoms with E-state index in [0.29, 0.717) is 24.9 Å². The third-order valence-corrected chi connectivity index (χ3v) is 4.30. The van der Waals surface area contributed by atoms with Crippen LogP contribution in [0.4, 0.5) is 17.6 Å². The number of aromatic nitrogens is 4. The molecule has 3 heterocycles. The van der Waals surface area contributed by atoms with Crippen molar-refractivity contribution in [1.29, 1.82) is 0 Å². The second kappa shape index (κ2) is 6.58. The second-order valence-corrected chi connectivity index (χ2v) is 6.39. The molecular formula is C16H23N7O2. The standard InChI is InChI=1S/C16H23N7O2/c1-11-9-12(18-15(17-11)20(2)3)22-5-7-23(8-6-22)13-10-14(24)21(4)16(25)19-13/h9-10H,5-8H2,1-4H3,(H,19,25). The number of aryl methyl sites for hydroxylation is 1. The molecule has 2 aromatic heterocycles. The molecule has 1 fully saturated rings. The van der Waals surface area contributed by atoms with Gasteiger partial charge in [0.2, 0.25) is 5.95 Å². The van der Waals surface area contributed by atoms with E-state index < -0.39 is 5.69 Å². The van der Waals surface area contributed by atoms with Crippen LogP contribution in [0.2, 0.25) is 0 Å². The van der Waals surface area contributed by atoms with Crippen LogP contribution in [0.25, 0.3) is 0 Å². The Balaban J connectivity index is 1.76. The van der Waals surface area contributed by atoms with Crippen LogP contribution in [-0.4, -0.2) is 59.8 Å². The first kappa shape index (κ1) is 17.0. The van der Waals surface area contributed by atoms with Crippen LogP contribution >= 0.6 is 0 Å². The zero-order valence-electron chi connectivity index (χ0n) is 15.0. The Morgan fingerprint density at radius 2 is 1.68 bits per heavy atom. The lowest BCUT2D eigenvalue weighted by atomic mass is 10.3. The fourth-order valence-electron chi connectivity index (χ4n) is 2.79. The third-order valence-electron chi connectivity index (χ3n) is 4.30. The minimum absolute atomic E-state index is 0.303. The summed E-state index contributed by atoms with van der Waals surface area (Å²) >= 11 is 0. The zero-order valence-corrected chi connectivity index (χ0v) is 15.0. The molecule has 134 valence electrons. The van der Waals surface area contributed by atoms with Crippen molar-refractivity contribution >= 4 is 17.6 Å². The molecule has 0 radical (unpaired) electrons. The monoisotopic (exact) mass is 345 g/mol. The van der Waals surface area contributed by atoms with Gasteiger partial charge in [0.25, 0.3) is 5.56 Å². The van der Waals surface area contributed by atoms with Gasteiger partial charge in [-0.25, -0.2) is 9.78 Å². The van der Waals surface area contributed by atoms with Gasteiger partial charge in [-0.15, -0.1) is 0 Å². The first-order valence-corrected chi connectivity index (χ1v) is 8.18. The smallest absolute Gasteiger partial charge is 0.329 e. The summed E-state index contributed by atoms with van der Waals surface area (Å²) in [4.78, 5) is 41.5. The molecule has 0 atom stereocenters. The van der Waals surface area contributed by atoms with E-state index in [2.05, 4.69) is 19.9 Å². The van der Waals surface area contributed by atoms with Gasteiger partial charge < -0.3 is 14.7 Å². The lowest BCUT2D eigenvalue weighted by molar-refractivity contribution is 0.634. The van der Waals surface area contributed by atoms with E-state index in [0.717, 1.165) is 29.2 Å². The maximum atomic E-state index is 11.8. The van der Waals surface area contributed by atoms with Crippen molar-refractivity contribution in [3.63, 3.8) is 0 Å². The van der Waals surface area contributed by atoms with Gasteiger partial charge in [-0.1, -0.05) is 0 Å². The Hall–Kier alpha value is -2.84. The molecule has 9 heteroatoms. The quantitative estimate of drug-likeness (QED) is 0.807. The Labute approximate surface area is 145 Å². The van der Waals surface area contributed by atoms with Crippen LogP contribution in [0.15, 0.2) is 21.7 Å². The van der Waals surface area contributed by atoms with E-state index in [1.54, 1.807) is 0 Å². The van der Waals surface area contributed by atoms with Crippen LogP contribution in [-0.2, 0) is 7.05 Å². The van der Waals surface area contributed by atoms with Gasteiger partial charge in [-0.2, -0.15) is 4.98 Å². The van der Waals surface area contributed by atoms with Crippen molar-refractivity contribution in [1.82, 2.24) is 19.5 Å². The molecule has 0 aromatic carbocycles. The number of nitrogens with one attached hydrogen (secondary N) is 1. The van der Waals surface area contributed by atoms with Crippen LogP contribution in [0.1, 0.15) is 5.69 Å². The highest BCUT2D eigenvalue weighted by Crippen LogP contribution is 2.19. The molecule has 1 N–H and O–H groups in total. The first-order chi connectivity index (χ1) is 11.8. The van der Waals surface area contributed by atoms with Crippen molar-refractivity contribution in [2.75, 3.05) is 55.0 Å². The van der Waals surface area contributed by atoms with Crippen LogP contribution in [0, 0.1) is 6.92 Å². The average Bonchev–Trinajstić information content (AvgIpc) is 2.58. The van der Waals surface area contributed by atoms with E-state index in [-0.39, 0.29) is 5.56 Å². The zero-order chi connectivity index (χ0) is 18.1. The molecule has 9 nitrogen and oxygen atoms in total. The normalized spacial score (nSPS) is 14.7. The van der Waals surface area contributed by atoms with Gasteiger partial charge in [0.1, 0.15) is 11.6 Å². The lowest BCUT2D eigenvalue weighted by Gasteiger charge is -2.36. The fourth-order valence-corrected chi connectivity index (χ4v) is 2.79. The van der Waals surface area contributed by atoms with Crippen LogP contribution in [0.3, 0.4) is 0 Å². The Morgan fingerprint density at radius 1 is 1.04 bits per heavy atom. The molecule has 3 rings (SSSR count). The largest absolute Gasteiger partial charge is 0.354 e. The Kier molecular flexibility index (Phi) is 4.47. The van der Waals surface area contributed by atoms with E-state index in [1.807, 2.05) is 36.9 Å². The van der Waals surface area contributed by atoms with Crippen LogP contribution in [0.5, 0.6) is 0 Å². The number of rotatable bonds is 3. The molecule has 0 amide bonds. The molecule has 1 aliphatic heterocycles. The van der Waals surface area contributed by atoms with Gasteiger partial charge in [0.15, 0.2) is 0 Å². The molecule has 0 unspecified atom stereocenters. The molecule has 0 spiro atoms. The minimum atomic E-state index is -0.396. The summed E-state index contributed by atoms with van der Waals surface area (Å²) in [6.07, 6.45) is 0. The molecule has 0 saturated carbocycles. The van der Waals surface area contributed by atoms with E-state index >= 15 is 0 Å². The van der Waals surface area contributed by atoms with Crippen molar-refractivity contribution in [3.05, 3.63) is 38.7 Å². The van der Waals surface area contributed by atoms with E-state index in [4.69, 9.17) is 0 Å². The Morgan fingerprint density at radius 3 is 2.28 bits per heavy atom. The molecule has 2 aromatic rings. The maximum Gasteiger partial charge on any atom is 0.329 e. The number of piperazine rings is 1. The maximum absolute atomic E-state index is 11.8. The van der Waals surface area contributed by atoms with Crippen molar-refractivity contribution in [2.45, 2.75) is 6.92 Å². The number of H-pyrrole nitrogens is 1. The van der Waals surface area contributed by atoms with Gasteiger partial charge in [-0.3, -0.25) is 14.3 Å². The van der Waals surface area contributed by atoms with Gasteiger partial charge in [0, 0.05) is 65.1 Å². The highest BCUT2D eigenvalue weighted by molar-refractivity contribution is 5.48. The van der Waals surface area contributed by atoms with Crippen molar-refractivity contribution in [2.24, 2.45) is 7.05 Å². The van der Waals surface area contributed by atoms with E-state index in [9.17, 15) is 9.59 Å². The van der Waals surface area contributed by atoms with E-state index in [1.165, 1.54) is 13.1 Å². The van der Waals surface area contributed by atoms with Gasteiger partial charge in [-0.05, 0) is 6.92 Å². The van der Waals surface area contributed by atoms with Crippen LogP contribution < -0.4 is 25.9 Å². The highest BCUT2D eigenvalue weighted by atomic mass is 16.2. The molecule has 1 saturated heterocycles. The summed E-state index contributed by atoms with van der Waals surface area (Å²) in [7, 11) is 5.30. The average molecular weight is 345 g/mol. The molecule has 0 aliphatic carbocycles. The molecule has 25 heavy (non-hydrogen) atoms. The van der Waals surface area contributed by atoms with Crippen molar-refractivity contribution < 1.29 is 0 Å².